The molecule has 3 nitrogen and oxygen atoms in total. The number of amides is 2. The Hall–Kier alpha value is -1.51. The van der Waals surface area contributed by atoms with Crippen molar-refractivity contribution in [2.45, 2.75) is 13.8 Å². The van der Waals surface area contributed by atoms with Gasteiger partial charge in [0.25, 0.3) is 0 Å². The van der Waals surface area contributed by atoms with Crippen molar-refractivity contribution in [1.82, 2.24) is 4.90 Å². The third-order valence-corrected chi connectivity index (χ3v) is 2.09. The molecule has 76 valence electrons. The molecule has 1 rings (SSSR count). The topological polar surface area (TPSA) is 32.3 Å². The first-order chi connectivity index (χ1) is 6.63. The zero-order valence-corrected chi connectivity index (χ0v) is 8.87. The number of carbonyl (C=O) groups excluding carboxylic acids is 1. The van der Waals surface area contributed by atoms with Crippen molar-refractivity contribution in [2.75, 3.05) is 18.9 Å². The van der Waals surface area contributed by atoms with E-state index in [4.69, 9.17) is 0 Å². The van der Waals surface area contributed by atoms with Gasteiger partial charge in [-0.3, -0.25) is 0 Å². The average molecular weight is 192 g/mol. The summed E-state index contributed by atoms with van der Waals surface area (Å²) in [5, 5.41) is 2.82. The van der Waals surface area contributed by atoms with Crippen molar-refractivity contribution in [3.63, 3.8) is 0 Å². The number of nitrogens with zero attached hydrogens (tertiary/aromatic N) is 1. The lowest BCUT2D eigenvalue weighted by atomic mass is 10.2. The van der Waals surface area contributed by atoms with Crippen LogP contribution in [0.25, 0.3) is 0 Å². The van der Waals surface area contributed by atoms with E-state index < -0.39 is 0 Å². The molecule has 0 heterocycles. The van der Waals surface area contributed by atoms with Gasteiger partial charge in [0.2, 0.25) is 0 Å². The summed E-state index contributed by atoms with van der Waals surface area (Å²) in [5.74, 6) is 0. The van der Waals surface area contributed by atoms with Crippen molar-refractivity contribution in [2.24, 2.45) is 0 Å². The van der Waals surface area contributed by atoms with Gasteiger partial charge in [0.05, 0.1) is 0 Å². The van der Waals surface area contributed by atoms with Crippen molar-refractivity contribution in [1.29, 1.82) is 0 Å². The van der Waals surface area contributed by atoms with Crippen molar-refractivity contribution in [3.8, 4) is 0 Å². The maximum Gasteiger partial charge on any atom is 0.321 e. The van der Waals surface area contributed by atoms with E-state index in [9.17, 15) is 4.79 Å². The second-order valence-electron chi connectivity index (χ2n) is 3.31. The minimum atomic E-state index is -0.0712. The number of carbonyl (C=O) groups is 1. The number of hydrogen-bond acceptors (Lipinski definition) is 1. The van der Waals surface area contributed by atoms with E-state index in [1.807, 2.05) is 38.1 Å². The average Bonchev–Trinajstić information content (AvgIpc) is 2.16. The zero-order chi connectivity index (χ0) is 10.6. The quantitative estimate of drug-likeness (QED) is 0.767. The van der Waals surface area contributed by atoms with E-state index in [-0.39, 0.29) is 6.03 Å². The molecular weight excluding hydrogens is 176 g/mol. The Labute approximate surface area is 84.7 Å². The number of urea groups is 1. The smallest absolute Gasteiger partial charge is 0.321 e. The Morgan fingerprint density at radius 2 is 2.21 bits per heavy atom. The largest absolute Gasteiger partial charge is 0.328 e. The Morgan fingerprint density at radius 3 is 2.79 bits per heavy atom. The van der Waals surface area contributed by atoms with Crippen molar-refractivity contribution in [3.05, 3.63) is 29.8 Å². The summed E-state index contributed by atoms with van der Waals surface area (Å²) in [5.41, 5.74) is 1.98. The van der Waals surface area contributed by atoms with Gasteiger partial charge in [-0.25, -0.2) is 4.79 Å². The van der Waals surface area contributed by atoms with Gasteiger partial charge < -0.3 is 10.2 Å². The van der Waals surface area contributed by atoms with E-state index in [1.165, 1.54) is 0 Å². The zero-order valence-electron chi connectivity index (χ0n) is 8.87. The Balaban J connectivity index is 2.65. The molecule has 1 N–H and O–H groups in total. The molecule has 0 aromatic heterocycles. The molecule has 0 aliphatic heterocycles. The first-order valence-corrected chi connectivity index (χ1v) is 4.72. The second kappa shape index (κ2) is 4.65. The highest BCUT2D eigenvalue weighted by Crippen LogP contribution is 2.09. The minimum absolute atomic E-state index is 0.0712. The monoisotopic (exact) mass is 192 g/mol. The molecule has 0 saturated carbocycles. The van der Waals surface area contributed by atoms with E-state index in [0.717, 1.165) is 11.3 Å². The predicted molar refractivity (Wildman–Crippen MR) is 58.5 cm³/mol. The first-order valence-electron chi connectivity index (χ1n) is 4.72. The van der Waals surface area contributed by atoms with Gasteiger partial charge in [-0.05, 0) is 31.5 Å². The Bertz CT molecular complexity index is 323. The van der Waals surface area contributed by atoms with Crippen LogP contribution in [-0.2, 0) is 0 Å². The summed E-state index contributed by atoms with van der Waals surface area (Å²) in [4.78, 5) is 13.1. The molecule has 0 unspecified atom stereocenters. The molecule has 0 aliphatic rings. The van der Waals surface area contributed by atoms with Crippen LogP contribution in [0.5, 0.6) is 0 Å². The van der Waals surface area contributed by atoms with Crippen molar-refractivity contribution >= 4 is 11.7 Å². The lowest BCUT2D eigenvalue weighted by molar-refractivity contribution is 0.224. The maximum atomic E-state index is 11.5. The van der Waals surface area contributed by atoms with Gasteiger partial charge in [-0.2, -0.15) is 0 Å². The number of anilines is 1. The summed E-state index contributed by atoms with van der Waals surface area (Å²) in [6.07, 6.45) is 0. The molecule has 0 fully saturated rings. The Morgan fingerprint density at radius 1 is 1.50 bits per heavy atom. The van der Waals surface area contributed by atoms with Crippen LogP contribution in [-0.4, -0.2) is 24.5 Å². The lowest BCUT2D eigenvalue weighted by Crippen LogP contribution is -2.30. The third kappa shape index (κ3) is 2.76. The SMILES string of the molecule is CCN(C)C(=O)Nc1cccc(C)c1. The first kappa shape index (κ1) is 10.6. The van der Waals surface area contributed by atoms with Crippen LogP contribution in [0.3, 0.4) is 0 Å². The molecule has 0 atom stereocenters. The molecule has 0 spiro atoms. The highest BCUT2D eigenvalue weighted by atomic mass is 16.2. The van der Waals surface area contributed by atoms with Crippen LogP contribution >= 0.6 is 0 Å². The minimum Gasteiger partial charge on any atom is -0.328 e. The van der Waals surface area contributed by atoms with Crippen LogP contribution in [0, 0.1) is 6.92 Å². The highest BCUT2D eigenvalue weighted by Gasteiger charge is 2.05. The molecule has 14 heavy (non-hydrogen) atoms. The van der Waals surface area contributed by atoms with Crippen LogP contribution in [0.15, 0.2) is 24.3 Å². The summed E-state index contributed by atoms with van der Waals surface area (Å²) in [6, 6.07) is 7.68. The standard InChI is InChI=1S/C11H16N2O/c1-4-13(3)11(14)12-10-7-5-6-9(2)8-10/h5-8H,4H2,1-3H3,(H,12,14). The number of aryl methyl sites for hydroxylation is 1. The van der Waals surface area contributed by atoms with Gasteiger partial charge in [0, 0.05) is 19.3 Å². The molecule has 1 aromatic rings. The maximum absolute atomic E-state index is 11.5. The Kier molecular flexibility index (Phi) is 3.51. The van der Waals surface area contributed by atoms with Gasteiger partial charge in [0.1, 0.15) is 0 Å². The lowest BCUT2D eigenvalue weighted by Gasteiger charge is -2.15. The number of benzene rings is 1. The van der Waals surface area contributed by atoms with Gasteiger partial charge >= 0.3 is 6.03 Å². The van der Waals surface area contributed by atoms with Gasteiger partial charge in [-0.15, -0.1) is 0 Å². The van der Waals surface area contributed by atoms with E-state index >= 15 is 0 Å². The molecule has 0 saturated heterocycles. The summed E-state index contributed by atoms with van der Waals surface area (Å²) in [6.45, 7) is 4.65. The fourth-order valence-corrected chi connectivity index (χ4v) is 1.09. The molecule has 0 aliphatic carbocycles. The number of nitrogens with one attached hydrogen (secondary N) is 1. The van der Waals surface area contributed by atoms with E-state index in [0.29, 0.717) is 6.54 Å². The molecule has 0 radical (unpaired) electrons. The predicted octanol–water partition coefficient (Wildman–Crippen LogP) is 2.48. The normalized spacial score (nSPS) is 9.64. The summed E-state index contributed by atoms with van der Waals surface area (Å²) in [7, 11) is 1.77. The van der Waals surface area contributed by atoms with Crippen LogP contribution < -0.4 is 5.32 Å². The van der Waals surface area contributed by atoms with E-state index in [1.54, 1.807) is 11.9 Å². The van der Waals surface area contributed by atoms with Gasteiger partial charge in [0.15, 0.2) is 0 Å². The number of hydrogen-bond donors (Lipinski definition) is 1. The number of rotatable bonds is 2. The van der Waals surface area contributed by atoms with Crippen LogP contribution in [0.2, 0.25) is 0 Å². The molecule has 3 heteroatoms. The fourth-order valence-electron chi connectivity index (χ4n) is 1.09. The van der Waals surface area contributed by atoms with Gasteiger partial charge in [-0.1, -0.05) is 12.1 Å². The highest BCUT2D eigenvalue weighted by molar-refractivity contribution is 5.89. The summed E-state index contributed by atoms with van der Waals surface area (Å²) < 4.78 is 0. The third-order valence-electron chi connectivity index (χ3n) is 2.09. The fraction of sp³-hybridized carbons (Fsp3) is 0.364. The summed E-state index contributed by atoms with van der Waals surface area (Å²) >= 11 is 0. The van der Waals surface area contributed by atoms with Crippen LogP contribution in [0.1, 0.15) is 12.5 Å². The molecule has 2 amide bonds. The molecule has 0 bridgehead atoms. The van der Waals surface area contributed by atoms with Crippen LogP contribution in [0.4, 0.5) is 10.5 Å². The molecule has 1 aromatic carbocycles. The van der Waals surface area contributed by atoms with E-state index in [2.05, 4.69) is 5.32 Å². The second-order valence-corrected chi connectivity index (χ2v) is 3.31. The van der Waals surface area contributed by atoms with Crippen molar-refractivity contribution < 1.29 is 4.79 Å². The molecular formula is C11H16N2O.